The van der Waals surface area contributed by atoms with E-state index in [9.17, 15) is 0 Å². The van der Waals surface area contributed by atoms with Gasteiger partial charge in [0.25, 0.3) is 0 Å². The predicted molar refractivity (Wildman–Crippen MR) is 43.0 cm³/mol. The van der Waals surface area contributed by atoms with E-state index in [0.717, 1.165) is 3.63 Å². The van der Waals surface area contributed by atoms with Crippen molar-refractivity contribution in [1.29, 1.82) is 0 Å². The van der Waals surface area contributed by atoms with Crippen molar-refractivity contribution in [2.45, 2.75) is 26.7 Å². The van der Waals surface area contributed by atoms with E-state index in [0.29, 0.717) is 0 Å². The summed E-state index contributed by atoms with van der Waals surface area (Å²) in [7, 11) is 0. The second-order valence-electron chi connectivity index (χ2n) is 3.35. The molecule has 0 aliphatic heterocycles. The van der Waals surface area contributed by atoms with E-state index in [1.54, 1.807) is 5.57 Å². The van der Waals surface area contributed by atoms with E-state index >= 15 is 0 Å². The van der Waals surface area contributed by atoms with Gasteiger partial charge in [-0.05, 0) is 0 Å². The number of hydrogen-bond donors (Lipinski definition) is 0. The van der Waals surface area contributed by atoms with Gasteiger partial charge in [-0.25, -0.2) is 0 Å². The van der Waals surface area contributed by atoms with E-state index in [2.05, 4.69) is 35.3 Å². The van der Waals surface area contributed by atoms with Gasteiger partial charge in [0, 0.05) is 0 Å². The Bertz CT molecular complexity index is 187. The summed E-state index contributed by atoms with van der Waals surface area (Å²) in [5, 5.41) is 0. The van der Waals surface area contributed by atoms with Crippen LogP contribution in [-0.4, -0.2) is 0 Å². The maximum atomic E-state index is 2.47. The van der Waals surface area contributed by atoms with Crippen LogP contribution in [0.3, 0.4) is 0 Å². The van der Waals surface area contributed by atoms with Gasteiger partial charge >= 0.3 is 71.8 Å². The van der Waals surface area contributed by atoms with Gasteiger partial charge in [0.2, 0.25) is 0 Å². The third-order valence-corrected chi connectivity index (χ3v) is 6.58. The SMILES string of the molecule is CC1=C[CH]([Zr]([CH3])[CH3])C(C)=C1. The Kier molecular flexibility index (Phi) is 2.69. The minimum absolute atomic E-state index is 0.905. The summed E-state index contributed by atoms with van der Waals surface area (Å²) in [5.74, 6) is 0. The molecule has 0 aromatic carbocycles. The van der Waals surface area contributed by atoms with Crippen LogP contribution in [-0.2, 0) is 21.8 Å². The molecule has 1 aliphatic rings. The van der Waals surface area contributed by atoms with Gasteiger partial charge in [-0.15, -0.1) is 0 Å². The van der Waals surface area contributed by atoms with Crippen LogP contribution < -0.4 is 0 Å². The van der Waals surface area contributed by atoms with Crippen LogP contribution in [0.2, 0.25) is 12.9 Å². The fourth-order valence-corrected chi connectivity index (χ4v) is 5.42. The molecule has 0 saturated carbocycles. The van der Waals surface area contributed by atoms with Crippen molar-refractivity contribution in [3.63, 3.8) is 0 Å². The van der Waals surface area contributed by atoms with Crippen molar-refractivity contribution in [2.24, 2.45) is 0 Å². The van der Waals surface area contributed by atoms with Gasteiger partial charge in [-0.3, -0.25) is 0 Å². The molecule has 0 N–H and O–H groups in total. The summed E-state index contributed by atoms with van der Waals surface area (Å²) in [6.07, 6.45) is 4.78. The zero-order valence-electron chi connectivity index (χ0n) is 7.23. The summed E-state index contributed by atoms with van der Waals surface area (Å²) in [4.78, 5) is 0. The summed E-state index contributed by atoms with van der Waals surface area (Å²) >= 11 is -0.972. The molecule has 1 rings (SSSR count). The van der Waals surface area contributed by atoms with E-state index in [-0.39, 0.29) is 0 Å². The molecule has 0 heterocycles. The molecule has 1 atom stereocenters. The van der Waals surface area contributed by atoms with Crippen LogP contribution >= 0.6 is 0 Å². The van der Waals surface area contributed by atoms with Gasteiger partial charge in [-0.1, -0.05) is 0 Å². The zero-order chi connectivity index (χ0) is 7.72. The fraction of sp³-hybridized carbons (Fsp3) is 0.556. The monoisotopic (exact) mass is 213 g/mol. The van der Waals surface area contributed by atoms with Gasteiger partial charge in [0.05, 0.1) is 0 Å². The van der Waals surface area contributed by atoms with E-state index in [4.69, 9.17) is 0 Å². The third kappa shape index (κ3) is 1.69. The van der Waals surface area contributed by atoms with Gasteiger partial charge in [0.15, 0.2) is 0 Å². The molecule has 55 valence electrons. The summed E-state index contributed by atoms with van der Waals surface area (Å²) in [6.45, 7) is 4.47. The molecule has 0 bridgehead atoms. The van der Waals surface area contributed by atoms with Crippen molar-refractivity contribution in [3.8, 4) is 0 Å². The second-order valence-corrected chi connectivity index (χ2v) is 10.2. The molecule has 0 spiro atoms. The summed E-state index contributed by atoms with van der Waals surface area (Å²) < 4.78 is 5.85. The quantitative estimate of drug-likeness (QED) is 0.628. The summed E-state index contributed by atoms with van der Waals surface area (Å²) in [6, 6.07) is 0. The zero-order valence-corrected chi connectivity index (χ0v) is 9.69. The standard InChI is InChI=1S/C7H9.2CH3.Zr/c1-6-3-4-7(2)5-6;;;/h3-5H,1-2H3;2*1H3;. The Hall–Kier alpha value is 0.363. The first kappa shape index (κ1) is 8.46. The molecule has 0 saturated heterocycles. The molecule has 0 aromatic heterocycles. The second kappa shape index (κ2) is 3.17. The first-order valence-electron chi connectivity index (χ1n) is 3.78. The van der Waals surface area contributed by atoms with Crippen LogP contribution in [0.1, 0.15) is 13.8 Å². The molecule has 1 unspecified atom stereocenters. The molecule has 10 heavy (non-hydrogen) atoms. The van der Waals surface area contributed by atoms with Crippen molar-refractivity contribution >= 4 is 0 Å². The Morgan fingerprint density at radius 2 is 1.90 bits per heavy atom. The van der Waals surface area contributed by atoms with Crippen LogP contribution in [0, 0.1) is 0 Å². The number of rotatable bonds is 1. The minimum atomic E-state index is -0.972. The maximum absolute atomic E-state index is 2.47. The Balaban J connectivity index is 2.75. The molecule has 0 fully saturated rings. The summed E-state index contributed by atoms with van der Waals surface area (Å²) in [5.41, 5.74) is 3.08. The third-order valence-electron chi connectivity index (χ3n) is 2.00. The average molecular weight is 214 g/mol. The van der Waals surface area contributed by atoms with Gasteiger partial charge in [0.1, 0.15) is 0 Å². The molecule has 0 radical (unpaired) electrons. The predicted octanol–water partition coefficient (Wildman–Crippen LogP) is 3.40. The fourth-order valence-electron chi connectivity index (χ4n) is 1.51. The Morgan fingerprint density at radius 1 is 1.30 bits per heavy atom. The first-order valence-corrected chi connectivity index (χ1v) is 10.1. The van der Waals surface area contributed by atoms with E-state index in [1.165, 1.54) is 5.57 Å². The van der Waals surface area contributed by atoms with Crippen molar-refractivity contribution in [3.05, 3.63) is 23.3 Å². The molecular formula is C9H15Zr. The Labute approximate surface area is 71.7 Å². The Morgan fingerprint density at radius 3 is 2.10 bits per heavy atom. The molecule has 0 nitrogen and oxygen atoms in total. The van der Waals surface area contributed by atoms with Crippen LogP contribution in [0.4, 0.5) is 0 Å². The molecule has 0 aromatic rings. The van der Waals surface area contributed by atoms with E-state index in [1.807, 2.05) is 0 Å². The molecule has 0 amide bonds. The number of allylic oxidation sites excluding steroid dienone is 4. The van der Waals surface area contributed by atoms with Crippen molar-refractivity contribution in [1.82, 2.24) is 0 Å². The molecular weight excluding hydrogens is 199 g/mol. The topological polar surface area (TPSA) is 0 Å². The van der Waals surface area contributed by atoms with Gasteiger partial charge in [-0.2, -0.15) is 0 Å². The van der Waals surface area contributed by atoms with Gasteiger partial charge < -0.3 is 0 Å². The van der Waals surface area contributed by atoms with E-state index < -0.39 is 21.8 Å². The van der Waals surface area contributed by atoms with Crippen LogP contribution in [0.25, 0.3) is 0 Å². The van der Waals surface area contributed by atoms with Crippen molar-refractivity contribution < 1.29 is 21.8 Å². The number of hydrogen-bond acceptors (Lipinski definition) is 0. The van der Waals surface area contributed by atoms with Crippen LogP contribution in [0.15, 0.2) is 23.3 Å². The first-order chi connectivity index (χ1) is 4.61. The van der Waals surface area contributed by atoms with Crippen LogP contribution in [0.5, 0.6) is 0 Å². The average Bonchev–Trinajstić information content (AvgIpc) is 2.10. The molecule has 1 aliphatic carbocycles. The van der Waals surface area contributed by atoms with Crippen molar-refractivity contribution in [2.75, 3.05) is 0 Å². The normalized spacial score (nSPS) is 24.2. The molecule has 1 heteroatoms.